The Balaban J connectivity index is 1.83. The lowest BCUT2D eigenvalue weighted by atomic mass is 9.84. The molecule has 0 bridgehead atoms. The molecule has 0 aromatic carbocycles. The summed E-state index contributed by atoms with van der Waals surface area (Å²) in [6, 6.07) is 2.76. The van der Waals surface area contributed by atoms with Crippen LogP contribution in [0.1, 0.15) is 17.0 Å². The van der Waals surface area contributed by atoms with E-state index in [1.54, 1.807) is 12.2 Å². The number of amidine groups is 1. The molecule has 2 aliphatic rings. The van der Waals surface area contributed by atoms with Gasteiger partial charge >= 0.3 is 16.1 Å². The molecule has 9 heteroatoms. The molecule has 0 fully saturated rings. The van der Waals surface area contributed by atoms with Crippen molar-refractivity contribution in [3.05, 3.63) is 59.3 Å². The Kier molecular flexibility index (Phi) is 4.49. The second-order valence-electron chi connectivity index (χ2n) is 5.63. The highest BCUT2D eigenvalue weighted by atomic mass is 32.2. The van der Waals surface area contributed by atoms with Gasteiger partial charge in [0.2, 0.25) is 5.76 Å². The molecular formula is C16H16N2O6S. The molecule has 0 radical (unpaired) electrons. The van der Waals surface area contributed by atoms with Gasteiger partial charge in [-0.25, -0.2) is 4.79 Å². The number of nitrogens with one attached hydrogen (secondary N) is 1. The summed E-state index contributed by atoms with van der Waals surface area (Å²) >= 11 is 0. The average Bonchev–Trinajstić information content (AvgIpc) is 3.08. The van der Waals surface area contributed by atoms with Crippen LogP contribution in [-0.2, 0) is 19.0 Å². The second-order valence-corrected chi connectivity index (χ2v) is 7.20. The summed E-state index contributed by atoms with van der Waals surface area (Å²) in [7, 11) is -4.21. The van der Waals surface area contributed by atoms with Crippen molar-refractivity contribution in [2.45, 2.75) is 6.42 Å². The molecule has 1 aliphatic heterocycles. The Morgan fingerprint density at radius 1 is 1.44 bits per heavy atom. The summed E-state index contributed by atoms with van der Waals surface area (Å²) < 4.78 is 39.2. The molecule has 0 spiro atoms. The van der Waals surface area contributed by atoms with E-state index in [1.165, 1.54) is 24.7 Å². The zero-order chi connectivity index (χ0) is 18.0. The van der Waals surface area contributed by atoms with Crippen molar-refractivity contribution in [3.63, 3.8) is 0 Å². The summed E-state index contributed by atoms with van der Waals surface area (Å²) in [6.45, 7) is 0.212. The molecule has 1 aliphatic carbocycles. The zero-order valence-corrected chi connectivity index (χ0v) is 13.9. The third-order valence-corrected chi connectivity index (χ3v) is 4.94. The van der Waals surface area contributed by atoms with Crippen molar-refractivity contribution in [2.75, 3.05) is 12.4 Å². The Hall–Kier alpha value is -2.81. The van der Waals surface area contributed by atoms with Gasteiger partial charge in [-0.1, -0.05) is 6.08 Å². The minimum atomic E-state index is -4.21. The average molecular weight is 364 g/mol. The van der Waals surface area contributed by atoms with E-state index in [-0.39, 0.29) is 18.2 Å². The highest BCUT2D eigenvalue weighted by Crippen LogP contribution is 2.33. The van der Waals surface area contributed by atoms with Crippen LogP contribution in [0.25, 0.3) is 0 Å². The highest BCUT2D eigenvalue weighted by Gasteiger charge is 2.29. The molecule has 0 amide bonds. The number of carbonyl (C=O) groups is 1. The first kappa shape index (κ1) is 17.0. The van der Waals surface area contributed by atoms with Gasteiger partial charge in [0.05, 0.1) is 18.4 Å². The molecule has 0 saturated heterocycles. The largest absolute Gasteiger partial charge is 0.496 e. The van der Waals surface area contributed by atoms with E-state index in [4.69, 9.17) is 20.3 Å². The van der Waals surface area contributed by atoms with Crippen LogP contribution in [-0.4, -0.2) is 32.6 Å². The number of hydrogen-bond donors (Lipinski definition) is 2. The summed E-state index contributed by atoms with van der Waals surface area (Å²) in [4.78, 5) is 11.8. The first-order valence-corrected chi connectivity index (χ1v) is 8.98. The summed E-state index contributed by atoms with van der Waals surface area (Å²) in [5, 5.41) is 7.63. The first-order valence-electron chi connectivity index (χ1n) is 7.41. The van der Waals surface area contributed by atoms with Crippen molar-refractivity contribution in [2.24, 2.45) is 11.7 Å². The fourth-order valence-electron chi connectivity index (χ4n) is 2.69. The van der Waals surface area contributed by atoms with Crippen LogP contribution in [0.5, 0.6) is 0 Å². The molecule has 8 nitrogen and oxygen atoms in total. The van der Waals surface area contributed by atoms with Gasteiger partial charge in [0.1, 0.15) is 12.4 Å². The number of furan rings is 1. The lowest BCUT2D eigenvalue weighted by molar-refractivity contribution is 0.0714. The summed E-state index contributed by atoms with van der Waals surface area (Å²) in [5.41, 5.74) is 7.55. The maximum atomic E-state index is 12.3. The SMILES string of the molecule is N=C(N)C1C=C(CS(=O)(=O)OC(=O)c2ccco2)C2=C(C=COC2)C1. The number of ether oxygens (including phenoxy) is 1. The minimum absolute atomic E-state index is 0.0612. The molecule has 1 unspecified atom stereocenters. The summed E-state index contributed by atoms with van der Waals surface area (Å²) in [6.07, 6.45) is 6.60. The Bertz CT molecular complexity index is 893. The maximum absolute atomic E-state index is 12.3. The normalized spacial score (nSPS) is 19.7. The van der Waals surface area contributed by atoms with Crippen molar-refractivity contribution in [3.8, 4) is 0 Å². The minimum Gasteiger partial charge on any atom is -0.496 e. The van der Waals surface area contributed by atoms with Gasteiger partial charge in [0.15, 0.2) is 0 Å². The molecule has 1 atom stereocenters. The molecule has 1 aromatic heterocycles. The van der Waals surface area contributed by atoms with E-state index in [0.717, 1.165) is 5.57 Å². The topological polar surface area (TPSA) is 133 Å². The fraction of sp³-hybridized carbons (Fsp3) is 0.250. The van der Waals surface area contributed by atoms with Gasteiger partial charge in [-0.2, -0.15) is 8.42 Å². The van der Waals surface area contributed by atoms with E-state index in [1.807, 2.05) is 0 Å². The van der Waals surface area contributed by atoms with E-state index in [2.05, 4.69) is 4.18 Å². The predicted octanol–water partition coefficient (Wildman–Crippen LogP) is 1.49. The lowest BCUT2D eigenvalue weighted by Crippen LogP contribution is -2.28. The smallest absolute Gasteiger partial charge is 0.389 e. The molecule has 132 valence electrons. The third-order valence-electron chi connectivity index (χ3n) is 3.87. The number of carbonyl (C=O) groups excluding carboxylic acids is 1. The molecule has 1 aromatic rings. The Labute approximate surface area is 144 Å². The maximum Gasteiger partial charge on any atom is 0.389 e. The number of nitrogens with two attached hydrogens (primary N) is 1. The molecular weight excluding hydrogens is 348 g/mol. The first-order chi connectivity index (χ1) is 11.9. The van der Waals surface area contributed by atoms with Gasteiger partial charge in [0, 0.05) is 5.92 Å². The van der Waals surface area contributed by atoms with Crippen LogP contribution >= 0.6 is 0 Å². The Morgan fingerprint density at radius 2 is 2.24 bits per heavy atom. The van der Waals surface area contributed by atoms with Crippen LogP contribution in [0, 0.1) is 11.3 Å². The van der Waals surface area contributed by atoms with Gasteiger partial charge in [-0.3, -0.25) is 5.41 Å². The quantitative estimate of drug-likeness (QED) is 0.459. The molecule has 0 saturated carbocycles. The zero-order valence-electron chi connectivity index (χ0n) is 13.1. The fourth-order valence-corrected chi connectivity index (χ4v) is 3.71. The van der Waals surface area contributed by atoms with Gasteiger partial charge in [-0.15, -0.1) is 0 Å². The van der Waals surface area contributed by atoms with Gasteiger partial charge < -0.3 is 19.1 Å². The second kappa shape index (κ2) is 6.60. The van der Waals surface area contributed by atoms with Crippen molar-refractivity contribution < 1.29 is 26.5 Å². The standard InChI is InChI=1S/C16H16N2O6S/c17-15(18)11-6-10-3-5-22-8-13(10)12(7-11)9-25(20,21)24-16(19)14-2-1-4-23-14/h1-5,7,11H,6,8-9H2,(H3,17,18). The predicted molar refractivity (Wildman–Crippen MR) is 88.1 cm³/mol. The molecule has 3 N–H and O–H groups in total. The van der Waals surface area contributed by atoms with Crippen LogP contribution in [0.15, 0.2) is 57.9 Å². The van der Waals surface area contributed by atoms with E-state index >= 15 is 0 Å². The number of rotatable bonds is 5. The van der Waals surface area contributed by atoms with E-state index < -0.39 is 27.8 Å². The number of allylic oxidation sites excluding steroid dienone is 2. The molecule has 3 rings (SSSR count). The van der Waals surface area contributed by atoms with Crippen LogP contribution in [0.3, 0.4) is 0 Å². The number of hydrogen-bond acceptors (Lipinski definition) is 7. The van der Waals surface area contributed by atoms with E-state index in [9.17, 15) is 13.2 Å². The molecule has 2 heterocycles. The van der Waals surface area contributed by atoms with Crippen LogP contribution in [0.2, 0.25) is 0 Å². The third kappa shape index (κ3) is 3.82. The lowest BCUT2D eigenvalue weighted by Gasteiger charge is -2.27. The van der Waals surface area contributed by atoms with Crippen molar-refractivity contribution in [1.29, 1.82) is 5.41 Å². The van der Waals surface area contributed by atoms with Crippen LogP contribution < -0.4 is 5.73 Å². The van der Waals surface area contributed by atoms with Crippen molar-refractivity contribution in [1.82, 2.24) is 0 Å². The van der Waals surface area contributed by atoms with E-state index in [0.29, 0.717) is 17.6 Å². The monoisotopic (exact) mass is 364 g/mol. The molecule has 25 heavy (non-hydrogen) atoms. The Morgan fingerprint density at radius 3 is 2.92 bits per heavy atom. The van der Waals surface area contributed by atoms with Crippen molar-refractivity contribution >= 4 is 21.9 Å². The van der Waals surface area contributed by atoms with Gasteiger partial charge in [0.25, 0.3) is 0 Å². The van der Waals surface area contributed by atoms with Crippen LogP contribution in [0.4, 0.5) is 0 Å². The van der Waals surface area contributed by atoms with Gasteiger partial charge in [-0.05, 0) is 41.3 Å². The highest BCUT2D eigenvalue weighted by molar-refractivity contribution is 7.87. The summed E-state index contributed by atoms with van der Waals surface area (Å²) in [5.74, 6) is -2.29.